The van der Waals surface area contributed by atoms with Crippen molar-refractivity contribution < 1.29 is 14.0 Å². The fourth-order valence-corrected chi connectivity index (χ4v) is 2.10. The molecule has 0 unspecified atom stereocenters. The first kappa shape index (κ1) is 15.0. The van der Waals surface area contributed by atoms with Crippen molar-refractivity contribution >= 4 is 22.8 Å². The lowest BCUT2D eigenvalue weighted by atomic mass is 10.1. The monoisotopic (exact) mass is 290 g/mol. The van der Waals surface area contributed by atoms with E-state index in [4.69, 9.17) is 4.42 Å². The summed E-state index contributed by atoms with van der Waals surface area (Å²) in [7, 11) is 0. The number of hydrogen-bond donors (Lipinski definition) is 1. The number of aryl methyl sites for hydroxylation is 1. The van der Waals surface area contributed by atoms with Gasteiger partial charge in [-0.1, -0.05) is 0 Å². The van der Waals surface area contributed by atoms with Crippen LogP contribution < -0.4 is 11.1 Å². The third kappa shape index (κ3) is 3.39. The van der Waals surface area contributed by atoms with Gasteiger partial charge in [0, 0.05) is 24.6 Å². The van der Waals surface area contributed by atoms with E-state index in [0.717, 1.165) is 0 Å². The summed E-state index contributed by atoms with van der Waals surface area (Å²) < 4.78 is 6.53. The van der Waals surface area contributed by atoms with Crippen molar-refractivity contribution in [2.24, 2.45) is 0 Å². The SMILES string of the molecule is CC(=O)c1ccc2c(c1)oc(=O)n2CCC(=O)NC(C)C. The molecule has 1 N–H and O–H groups in total. The highest BCUT2D eigenvalue weighted by Crippen LogP contribution is 2.15. The zero-order valence-electron chi connectivity index (χ0n) is 12.3. The summed E-state index contributed by atoms with van der Waals surface area (Å²) in [5.74, 6) is -0.738. The van der Waals surface area contributed by atoms with Crippen LogP contribution in [0.4, 0.5) is 0 Å². The highest BCUT2D eigenvalue weighted by molar-refractivity contribution is 5.96. The molecule has 0 aliphatic rings. The van der Waals surface area contributed by atoms with Gasteiger partial charge in [-0.25, -0.2) is 4.79 Å². The summed E-state index contributed by atoms with van der Waals surface area (Å²) in [6, 6.07) is 4.92. The molecular formula is C15H18N2O4. The molecule has 1 aromatic carbocycles. The molecule has 1 heterocycles. The molecule has 112 valence electrons. The van der Waals surface area contributed by atoms with Crippen LogP contribution in [0.3, 0.4) is 0 Å². The molecule has 6 heteroatoms. The Morgan fingerprint density at radius 2 is 2.05 bits per heavy atom. The van der Waals surface area contributed by atoms with E-state index in [2.05, 4.69) is 5.32 Å². The van der Waals surface area contributed by atoms with Crippen molar-refractivity contribution in [2.75, 3.05) is 0 Å². The molecule has 6 nitrogen and oxygen atoms in total. The number of hydrogen-bond acceptors (Lipinski definition) is 4. The maximum atomic E-state index is 11.8. The number of ketones is 1. The van der Waals surface area contributed by atoms with Crippen molar-refractivity contribution in [1.82, 2.24) is 9.88 Å². The average Bonchev–Trinajstić information content (AvgIpc) is 2.70. The number of oxazole rings is 1. The first-order valence-electron chi connectivity index (χ1n) is 6.82. The lowest BCUT2D eigenvalue weighted by Gasteiger charge is -2.08. The highest BCUT2D eigenvalue weighted by atomic mass is 16.4. The molecule has 0 atom stereocenters. The molecular weight excluding hydrogens is 272 g/mol. The number of nitrogens with one attached hydrogen (secondary N) is 1. The van der Waals surface area contributed by atoms with Crippen LogP contribution in [0.5, 0.6) is 0 Å². The molecule has 0 bridgehead atoms. The van der Waals surface area contributed by atoms with Crippen LogP contribution in [0.2, 0.25) is 0 Å². The Morgan fingerprint density at radius 1 is 1.33 bits per heavy atom. The van der Waals surface area contributed by atoms with Gasteiger partial charge in [0.05, 0.1) is 5.52 Å². The topological polar surface area (TPSA) is 81.3 Å². The average molecular weight is 290 g/mol. The zero-order chi connectivity index (χ0) is 15.6. The van der Waals surface area contributed by atoms with Crippen molar-refractivity contribution in [3.05, 3.63) is 34.3 Å². The molecule has 2 aromatic rings. The minimum Gasteiger partial charge on any atom is -0.408 e. The Morgan fingerprint density at radius 3 is 2.67 bits per heavy atom. The second kappa shape index (κ2) is 5.95. The fourth-order valence-electron chi connectivity index (χ4n) is 2.10. The summed E-state index contributed by atoms with van der Waals surface area (Å²) in [6.07, 6.45) is 0.196. The molecule has 0 fully saturated rings. The number of amides is 1. The van der Waals surface area contributed by atoms with E-state index < -0.39 is 5.76 Å². The summed E-state index contributed by atoms with van der Waals surface area (Å²) in [6.45, 7) is 5.44. The predicted octanol–water partition coefficient (Wildman–Crippen LogP) is 1.71. The van der Waals surface area contributed by atoms with E-state index >= 15 is 0 Å². The smallest absolute Gasteiger partial charge is 0.408 e. The van der Waals surface area contributed by atoms with Gasteiger partial charge in [0.1, 0.15) is 0 Å². The van der Waals surface area contributed by atoms with Crippen LogP contribution in [-0.2, 0) is 11.3 Å². The number of carbonyl (C=O) groups is 2. The fraction of sp³-hybridized carbons (Fsp3) is 0.400. The Hall–Kier alpha value is -2.37. The molecule has 0 saturated heterocycles. The molecule has 2 rings (SSSR count). The van der Waals surface area contributed by atoms with Gasteiger partial charge in [-0.05, 0) is 39.0 Å². The third-order valence-corrected chi connectivity index (χ3v) is 3.09. The highest BCUT2D eigenvalue weighted by Gasteiger charge is 2.12. The Labute approximate surface area is 121 Å². The first-order chi connectivity index (χ1) is 9.88. The van der Waals surface area contributed by atoms with Gasteiger partial charge < -0.3 is 9.73 Å². The molecule has 0 aliphatic carbocycles. The number of benzene rings is 1. The summed E-state index contributed by atoms with van der Waals surface area (Å²) in [5.41, 5.74) is 1.43. The summed E-state index contributed by atoms with van der Waals surface area (Å²) >= 11 is 0. The summed E-state index contributed by atoms with van der Waals surface area (Å²) in [5, 5.41) is 2.77. The number of carbonyl (C=O) groups excluding carboxylic acids is 2. The van der Waals surface area contributed by atoms with Gasteiger partial charge in [-0.15, -0.1) is 0 Å². The van der Waals surface area contributed by atoms with Crippen LogP contribution in [0, 0.1) is 0 Å². The Kier molecular flexibility index (Phi) is 4.26. The summed E-state index contributed by atoms with van der Waals surface area (Å²) in [4.78, 5) is 34.8. The van der Waals surface area contributed by atoms with Crippen LogP contribution in [-0.4, -0.2) is 22.3 Å². The van der Waals surface area contributed by atoms with E-state index in [1.54, 1.807) is 18.2 Å². The maximum absolute atomic E-state index is 11.8. The van der Waals surface area contributed by atoms with E-state index in [1.165, 1.54) is 11.5 Å². The lowest BCUT2D eigenvalue weighted by Crippen LogP contribution is -2.31. The molecule has 1 aromatic heterocycles. The number of rotatable bonds is 5. The van der Waals surface area contributed by atoms with Gasteiger partial charge in [-0.3, -0.25) is 14.2 Å². The van der Waals surface area contributed by atoms with Gasteiger partial charge >= 0.3 is 5.76 Å². The van der Waals surface area contributed by atoms with Crippen molar-refractivity contribution in [1.29, 1.82) is 0 Å². The maximum Gasteiger partial charge on any atom is 0.419 e. The zero-order valence-corrected chi connectivity index (χ0v) is 12.3. The van der Waals surface area contributed by atoms with E-state index in [0.29, 0.717) is 16.7 Å². The first-order valence-corrected chi connectivity index (χ1v) is 6.82. The van der Waals surface area contributed by atoms with E-state index in [9.17, 15) is 14.4 Å². The third-order valence-electron chi connectivity index (χ3n) is 3.09. The normalized spacial score (nSPS) is 11.0. The number of nitrogens with zero attached hydrogens (tertiary/aromatic N) is 1. The Bertz CT molecular complexity index is 740. The van der Waals surface area contributed by atoms with Gasteiger partial charge in [0.2, 0.25) is 5.91 Å². The number of aromatic nitrogens is 1. The molecule has 0 radical (unpaired) electrons. The molecule has 1 amide bonds. The minimum atomic E-state index is -0.525. The molecule has 0 aliphatic heterocycles. The largest absolute Gasteiger partial charge is 0.419 e. The van der Waals surface area contributed by atoms with E-state index in [-0.39, 0.29) is 30.7 Å². The van der Waals surface area contributed by atoms with Crippen molar-refractivity contribution in [3.63, 3.8) is 0 Å². The number of Topliss-reactive ketones (excluding diaryl/α,β-unsaturated/α-hetero) is 1. The van der Waals surface area contributed by atoms with E-state index in [1.807, 2.05) is 13.8 Å². The van der Waals surface area contributed by atoms with Gasteiger partial charge in [0.25, 0.3) is 0 Å². The van der Waals surface area contributed by atoms with Crippen LogP contribution in [0.15, 0.2) is 27.4 Å². The van der Waals surface area contributed by atoms with Crippen LogP contribution in [0.1, 0.15) is 37.6 Å². The van der Waals surface area contributed by atoms with Gasteiger partial charge in [0.15, 0.2) is 11.4 Å². The second-order valence-electron chi connectivity index (χ2n) is 5.23. The second-order valence-corrected chi connectivity index (χ2v) is 5.23. The molecule has 0 saturated carbocycles. The minimum absolute atomic E-state index is 0.0634. The van der Waals surface area contributed by atoms with Crippen LogP contribution >= 0.6 is 0 Å². The predicted molar refractivity (Wildman–Crippen MR) is 78.4 cm³/mol. The number of fused-ring (bicyclic) bond motifs is 1. The quantitative estimate of drug-likeness (QED) is 0.850. The Balaban J connectivity index is 2.24. The van der Waals surface area contributed by atoms with Crippen molar-refractivity contribution in [3.8, 4) is 0 Å². The van der Waals surface area contributed by atoms with Crippen molar-refractivity contribution in [2.45, 2.75) is 39.8 Å². The molecule has 21 heavy (non-hydrogen) atoms. The standard InChI is InChI=1S/C15H18N2O4/c1-9(2)16-14(19)6-7-17-12-5-4-11(10(3)18)8-13(12)21-15(17)20/h4-5,8-9H,6-7H2,1-3H3,(H,16,19). The van der Waals surface area contributed by atoms with Gasteiger partial charge in [-0.2, -0.15) is 0 Å². The molecule has 0 spiro atoms. The van der Waals surface area contributed by atoms with Crippen LogP contribution in [0.25, 0.3) is 11.1 Å². The lowest BCUT2D eigenvalue weighted by molar-refractivity contribution is -0.121.